The van der Waals surface area contributed by atoms with Gasteiger partial charge in [0.15, 0.2) is 5.76 Å². The Morgan fingerprint density at radius 2 is 1.74 bits per heavy atom. The van der Waals surface area contributed by atoms with Crippen LogP contribution in [0.4, 0.5) is 0 Å². The number of carbonyl (C=O) groups is 2. The Bertz CT molecular complexity index is 813. The Morgan fingerprint density at radius 1 is 1.04 bits per heavy atom. The summed E-state index contributed by atoms with van der Waals surface area (Å²) in [5, 5.41) is 3.91. The van der Waals surface area contributed by atoms with Crippen LogP contribution in [0.25, 0.3) is 0 Å². The summed E-state index contributed by atoms with van der Waals surface area (Å²) in [6, 6.07) is 3.63. The van der Waals surface area contributed by atoms with E-state index in [1.807, 2.05) is 22.8 Å². The lowest BCUT2D eigenvalue weighted by Crippen LogP contribution is -2.48. The average molecular weight is 371 g/mol. The number of likely N-dealkylation sites (tertiary alicyclic amines) is 1. The molecule has 4 heterocycles. The predicted octanol–water partition coefficient (Wildman–Crippen LogP) is 1.51. The number of hydrogen-bond donors (Lipinski definition) is 1. The number of piperazine rings is 1. The van der Waals surface area contributed by atoms with Crippen LogP contribution < -0.4 is 0 Å². The van der Waals surface area contributed by atoms with Gasteiger partial charge in [0.2, 0.25) is 0 Å². The molecule has 0 spiro atoms. The number of hydrogen-bond acceptors (Lipinski definition) is 5. The van der Waals surface area contributed by atoms with Crippen molar-refractivity contribution in [1.82, 2.24) is 24.8 Å². The van der Waals surface area contributed by atoms with Crippen LogP contribution in [0.5, 0.6) is 0 Å². The van der Waals surface area contributed by atoms with Gasteiger partial charge in [-0.05, 0) is 25.8 Å². The molecule has 0 aliphatic carbocycles. The summed E-state index contributed by atoms with van der Waals surface area (Å²) in [7, 11) is 0. The lowest BCUT2D eigenvalue weighted by atomic mass is 10.2. The van der Waals surface area contributed by atoms with Gasteiger partial charge in [-0.15, -0.1) is 0 Å². The molecule has 0 aromatic carbocycles. The molecule has 0 saturated carbocycles. The van der Waals surface area contributed by atoms with Gasteiger partial charge in [0.25, 0.3) is 11.8 Å². The molecule has 2 fully saturated rings. The Labute approximate surface area is 158 Å². The highest BCUT2D eigenvalue weighted by Crippen LogP contribution is 2.16. The third-order valence-electron chi connectivity index (χ3n) is 5.27. The van der Waals surface area contributed by atoms with Crippen molar-refractivity contribution in [2.45, 2.75) is 26.3 Å². The standard InChI is InChI=1S/C19H25N5O3/c1-14-10-16(27-21-14)13-22-6-8-24(9-7-22)18(25)15-11-17(20-12-15)19(26)23-4-2-3-5-23/h10-12,20H,2-9,13H2,1H3. The summed E-state index contributed by atoms with van der Waals surface area (Å²) in [4.78, 5) is 34.1. The Kier molecular flexibility index (Phi) is 4.98. The van der Waals surface area contributed by atoms with E-state index in [-0.39, 0.29) is 11.8 Å². The van der Waals surface area contributed by atoms with Crippen LogP contribution >= 0.6 is 0 Å². The van der Waals surface area contributed by atoms with Gasteiger partial charge in [-0.2, -0.15) is 0 Å². The van der Waals surface area contributed by atoms with Crippen LogP contribution in [-0.2, 0) is 6.54 Å². The minimum absolute atomic E-state index is 0.0151. The van der Waals surface area contributed by atoms with Crippen LogP contribution in [0.15, 0.2) is 22.9 Å². The molecule has 8 nitrogen and oxygen atoms in total. The second kappa shape index (κ2) is 7.56. The van der Waals surface area contributed by atoms with E-state index in [0.29, 0.717) is 30.9 Å². The largest absolute Gasteiger partial charge is 0.360 e. The predicted molar refractivity (Wildman–Crippen MR) is 98.4 cm³/mol. The van der Waals surface area contributed by atoms with E-state index < -0.39 is 0 Å². The van der Waals surface area contributed by atoms with Crippen molar-refractivity contribution in [3.8, 4) is 0 Å². The zero-order valence-electron chi connectivity index (χ0n) is 15.6. The summed E-state index contributed by atoms with van der Waals surface area (Å²) in [6.45, 7) is 7.11. The lowest BCUT2D eigenvalue weighted by molar-refractivity contribution is 0.0617. The highest BCUT2D eigenvalue weighted by atomic mass is 16.5. The fourth-order valence-electron chi connectivity index (χ4n) is 3.73. The van der Waals surface area contributed by atoms with Crippen LogP contribution in [0, 0.1) is 6.92 Å². The fraction of sp³-hybridized carbons (Fsp3) is 0.526. The Balaban J connectivity index is 1.32. The molecule has 8 heteroatoms. The SMILES string of the molecule is Cc1cc(CN2CCN(C(=O)c3c[nH]c(C(=O)N4CCCC4)c3)CC2)on1. The van der Waals surface area contributed by atoms with Gasteiger partial charge in [-0.1, -0.05) is 5.16 Å². The number of rotatable bonds is 4. The molecule has 2 amide bonds. The summed E-state index contributed by atoms with van der Waals surface area (Å²) < 4.78 is 5.27. The molecule has 4 rings (SSSR count). The molecule has 2 aliphatic rings. The maximum atomic E-state index is 12.8. The van der Waals surface area contributed by atoms with Crippen molar-refractivity contribution in [2.24, 2.45) is 0 Å². The molecule has 2 aromatic heterocycles. The minimum atomic E-state index is -0.0260. The minimum Gasteiger partial charge on any atom is -0.360 e. The van der Waals surface area contributed by atoms with Crippen molar-refractivity contribution in [3.05, 3.63) is 41.0 Å². The molecule has 0 bridgehead atoms. The molecule has 2 aliphatic heterocycles. The topological polar surface area (TPSA) is 85.7 Å². The van der Waals surface area contributed by atoms with Crippen molar-refractivity contribution >= 4 is 11.8 Å². The number of aryl methyl sites for hydroxylation is 1. The number of H-pyrrole nitrogens is 1. The number of nitrogens with zero attached hydrogens (tertiary/aromatic N) is 4. The van der Waals surface area contributed by atoms with Crippen LogP contribution in [0.3, 0.4) is 0 Å². The average Bonchev–Trinajstić information content (AvgIpc) is 3.43. The van der Waals surface area contributed by atoms with Crippen LogP contribution in [0.2, 0.25) is 0 Å². The fourth-order valence-corrected chi connectivity index (χ4v) is 3.73. The summed E-state index contributed by atoms with van der Waals surface area (Å²) in [5.41, 5.74) is 1.93. The monoisotopic (exact) mass is 371 g/mol. The third kappa shape index (κ3) is 3.90. The number of carbonyl (C=O) groups excluding carboxylic acids is 2. The lowest BCUT2D eigenvalue weighted by Gasteiger charge is -2.34. The third-order valence-corrected chi connectivity index (χ3v) is 5.27. The highest BCUT2D eigenvalue weighted by Gasteiger charge is 2.26. The number of aromatic amines is 1. The molecule has 2 aromatic rings. The molecule has 2 saturated heterocycles. The Hall–Kier alpha value is -2.61. The van der Waals surface area contributed by atoms with Crippen molar-refractivity contribution in [1.29, 1.82) is 0 Å². The smallest absolute Gasteiger partial charge is 0.270 e. The van der Waals surface area contributed by atoms with Gasteiger partial charge >= 0.3 is 0 Å². The zero-order chi connectivity index (χ0) is 18.8. The molecule has 0 unspecified atom stereocenters. The van der Waals surface area contributed by atoms with Gasteiger partial charge in [-0.3, -0.25) is 14.5 Å². The van der Waals surface area contributed by atoms with E-state index in [1.165, 1.54) is 0 Å². The van der Waals surface area contributed by atoms with Gasteiger partial charge in [-0.25, -0.2) is 0 Å². The number of nitrogens with one attached hydrogen (secondary N) is 1. The van der Waals surface area contributed by atoms with Crippen LogP contribution in [-0.4, -0.2) is 75.9 Å². The molecular weight excluding hydrogens is 346 g/mol. The second-order valence-corrected chi connectivity index (χ2v) is 7.30. The first-order valence-electron chi connectivity index (χ1n) is 9.51. The second-order valence-electron chi connectivity index (χ2n) is 7.30. The van der Waals surface area contributed by atoms with Crippen molar-refractivity contribution in [2.75, 3.05) is 39.3 Å². The van der Waals surface area contributed by atoms with Gasteiger partial charge < -0.3 is 19.3 Å². The van der Waals surface area contributed by atoms with E-state index in [1.54, 1.807) is 12.3 Å². The summed E-state index contributed by atoms with van der Waals surface area (Å²) in [6.07, 6.45) is 3.75. The molecule has 0 radical (unpaired) electrons. The molecular formula is C19H25N5O3. The summed E-state index contributed by atoms with van der Waals surface area (Å²) in [5.74, 6) is 0.809. The normalized spacial score (nSPS) is 18.3. The van der Waals surface area contributed by atoms with E-state index in [0.717, 1.165) is 50.5 Å². The van der Waals surface area contributed by atoms with Crippen molar-refractivity contribution < 1.29 is 14.1 Å². The molecule has 1 N–H and O–H groups in total. The van der Waals surface area contributed by atoms with Crippen LogP contribution in [0.1, 0.15) is 45.1 Å². The molecule has 144 valence electrons. The first kappa shape index (κ1) is 17.8. The quantitative estimate of drug-likeness (QED) is 0.880. The van der Waals surface area contributed by atoms with E-state index in [4.69, 9.17) is 4.52 Å². The number of amides is 2. The number of aromatic nitrogens is 2. The van der Waals surface area contributed by atoms with Gasteiger partial charge in [0, 0.05) is 51.5 Å². The van der Waals surface area contributed by atoms with E-state index in [9.17, 15) is 9.59 Å². The highest BCUT2D eigenvalue weighted by molar-refractivity contribution is 5.99. The first-order chi connectivity index (χ1) is 13.1. The van der Waals surface area contributed by atoms with Gasteiger partial charge in [0.05, 0.1) is 17.8 Å². The molecule has 0 atom stereocenters. The first-order valence-corrected chi connectivity index (χ1v) is 9.51. The maximum absolute atomic E-state index is 12.8. The van der Waals surface area contributed by atoms with Gasteiger partial charge in [0.1, 0.15) is 5.69 Å². The maximum Gasteiger partial charge on any atom is 0.270 e. The zero-order valence-corrected chi connectivity index (χ0v) is 15.6. The van der Waals surface area contributed by atoms with Crippen molar-refractivity contribution in [3.63, 3.8) is 0 Å². The van der Waals surface area contributed by atoms with E-state index >= 15 is 0 Å². The molecule has 27 heavy (non-hydrogen) atoms. The van der Waals surface area contributed by atoms with E-state index in [2.05, 4.69) is 15.0 Å². The Morgan fingerprint density at radius 3 is 2.41 bits per heavy atom. The summed E-state index contributed by atoms with van der Waals surface area (Å²) >= 11 is 0.